The number of ether oxygens (including phenoxy) is 1. The van der Waals surface area contributed by atoms with Gasteiger partial charge in [-0.05, 0) is 62.9 Å². The van der Waals surface area contributed by atoms with Crippen molar-refractivity contribution in [3.63, 3.8) is 0 Å². The summed E-state index contributed by atoms with van der Waals surface area (Å²) in [5.74, 6) is -2.37. The molecule has 5 rings (SSSR count). The number of carbonyl (C=O) groups excluding carboxylic acids is 3. The van der Waals surface area contributed by atoms with Gasteiger partial charge in [-0.25, -0.2) is 0 Å². The molecule has 2 unspecified atom stereocenters. The number of hydrogen-bond donors (Lipinski definition) is 3. The predicted octanol–water partition coefficient (Wildman–Crippen LogP) is 3.11. The molecule has 0 radical (unpaired) electrons. The highest BCUT2D eigenvalue weighted by molar-refractivity contribution is 6.03. The molecule has 2 bridgehead atoms. The van der Waals surface area contributed by atoms with Crippen molar-refractivity contribution in [1.29, 1.82) is 0 Å². The number of carbonyl (C=O) groups is 3. The first-order valence-electron chi connectivity index (χ1n) is 14.5. The van der Waals surface area contributed by atoms with Crippen molar-refractivity contribution < 1.29 is 24.2 Å². The SMILES string of the molecule is CCCNC(=O)[C@@H]1[C@@H]2CCC3(O2)C(C(=O)Nc2ccc(N(CC)CC)cc2)N([C@H](CO)c2ccccc2)C(=O)[C@H]13. The third-order valence-electron chi connectivity index (χ3n) is 8.79. The van der Waals surface area contributed by atoms with Crippen LogP contribution >= 0.6 is 0 Å². The Bertz CT molecular complexity index is 1220. The second-order valence-electron chi connectivity index (χ2n) is 10.9. The lowest BCUT2D eigenvalue weighted by molar-refractivity contribution is -0.144. The number of anilines is 2. The molecule has 3 aliphatic heterocycles. The molecule has 0 aliphatic carbocycles. The number of aliphatic hydroxyl groups is 1. The largest absolute Gasteiger partial charge is 0.394 e. The summed E-state index contributed by atoms with van der Waals surface area (Å²) in [6.07, 6.45) is 1.45. The summed E-state index contributed by atoms with van der Waals surface area (Å²) in [6, 6.07) is 15.1. The molecular formula is C31H40N4O5. The molecule has 2 aromatic carbocycles. The highest BCUT2D eigenvalue weighted by Crippen LogP contribution is 2.59. The van der Waals surface area contributed by atoms with E-state index in [1.54, 1.807) is 0 Å². The van der Waals surface area contributed by atoms with E-state index in [-0.39, 0.29) is 24.3 Å². The van der Waals surface area contributed by atoms with E-state index in [2.05, 4.69) is 29.4 Å². The van der Waals surface area contributed by atoms with Crippen molar-refractivity contribution in [2.24, 2.45) is 11.8 Å². The van der Waals surface area contributed by atoms with Crippen LogP contribution in [0, 0.1) is 11.8 Å². The normalized spacial score (nSPS) is 27.4. The quantitative estimate of drug-likeness (QED) is 0.398. The minimum absolute atomic E-state index is 0.208. The van der Waals surface area contributed by atoms with E-state index in [1.165, 1.54) is 4.90 Å². The highest BCUT2D eigenvalue weighted by atomic mass is 16.5. The lowest BCUT2D eigenvalue weighted by atomic mass is 9.70. The van der Waals surface area contributed by atoms with Gasteiger partial charge in [0, 0.05) is 31.0 Å². The third-order valence-corrected chi connectivity index (χ3v) is 8.79. The predicted molar refractivity (Wildman–Crippen MR) is 153 cm³/mol. The van der Waals surface area contributed by atoms with Crippen LogP contribution in [0.5, 0.6) is 0 Å². The van der Waals surface area contributed by atoms with Gasteiger partial charge in [-0.1, -0.05) is 37.3 Å². The van der Waals surface area contributed by atoms with E-state index >= 15 is 0 Å². The van der Waals surface area contributed by atoms with Crippen LogP contribution in [0.3, 0.4) is 0 Å². The van der Waals surface area contributed by atoms with Crippen molar-refractivity contribution in [3.8, 4) is 0 Å². The fourth-order valence-corrected chi connectivity index (χ4v) is 6.98. The number of nitrogens with one attached hydrogen (secondary N) is 2. The molecule has 3 heterocycles. The monoisotopic (exact) mass is 548 g/mol. The number of aliphatic hydroxyl groups excluding tert-OH is 1. The first kappa shape index (κ1) is 28.1. The third kappa shape index (κ3) is 4.65. The number of benzene rings is 2. The number of amides is 3. The van der Waals surface area contributed by atoms with Gasteiger partial charge in [0.1, 0.15) is 11.6 Å². The van der Waals surface area contributed by atoms with E-state index in [1.807, 2.05) is 61.5 Å². The average molecular weight is 549 g/mol. The molecule has 9 nitrogen and oxygen atoms in total. The Morgan fingerprint density at radius 1 is 1.07 bits per heavy atom. The molecule has 6 atom stereocenters. The maximum atomic E-state index is 14.3. The average Bonchev–Trinajstić information content (AvgIpc) is 3.62. The van der Waals surface area contributed by atoms with E-state index in [0.29, 0.717) is 25.1 Å². The number of rotatable bonds is 11. The van der Waals surface area contributed by atoms with Gasteiger partial charge in [-0.2, -0.15) is 0 Å². The smallest absolute Gasteiger partial charge is 0.250 e. The molecule has 3 amide bonds. The molecule has 214 valence electrons. The molecule has 3 aliphatic rings. The van der Waals surface area contributed by atoms with Gasteiger partial charge in [-0.3, -0.25) is 14.4 Å². The van der Waals surface area contributed by atoms with Crippen LogP contribution in [-0.2, 0) is 19.1 Å². The molecule has 0 aromatic heterocycles. The zero-order valence-corrected chi connectivity index (χ0v) is 23.5. The minimum Gasteiger partial charge on any atom is -0.394 e. The lowest BCUT2D eigenvalue weighted by Crippen LogP contribution is -2.54. The van der Waals surface area contributed by atoms with E-state index in [0.717, 1.165) is 30.8 Å². The Labute approximate surface area is 235 Å². The highest BCUT2D eigenvalue weighted by Gasteiger charge is 2.75. The lowest BCUT2D eigenvalue weighted by Gasteiger charge is -2.36. The Kier molecular flexibility index (Phi) is 8.14. The van der Waals surface area contributed by atoms with E-state index in [4.69, 9.17) is 4.74 Å². The van der Waals surface area contributed by atoms with Gasteiger partial charge in [0.25, 0.3) is 0 Å². The van der Waals surface area contributed by atoms with E-state index < -0.39 is 35.6 Å². The van der Waals surface area contributed by atoms with Crippen molar-refractivity contribution in [2.45, 2.75) is 63.8 Å². The Morgan fingerprint density at radius 2 is 1.77 bits per heavy atom. The number of hydrogen-bond acceptors (Lipinski definition) is 6. The van der Waals surface area contributed by atoms with Gasteiger partial charge in [0.15, 0.2) is 0 Å². The molecule has 40 heavy (non-hydrogen) atoms. The van der Waals surface area contributed by atoms with Crippen LogP contribution in [0.2, 0.25) is 0 Å². The van der Waals surface area contributed by atoms with Crippen LogP contribution in [0.15, 0.2) is 54.6 Å². The van der Waals surface area contributed by atoms with Crippen molar-refractivity contribution in [2.75, 3.05) is 36.5 Å². The first-order valence-corrected chi connectivity index (χ1v) is 14.5. The van der Waals surface area contributed by atoms with Crippen molar-refractivity contribution >= 4 is 29.1 Å². The summed E-state index contributed by atoms with van der Waals surface area (Å²) >= 11 is 0. The molecule has 1 spiro atoms. The second kappa shape index (κ2) is 11.6. The number of nitrogens with zero attached hydrogens (tertiary/aromatic N) is 2. The maximum Gasteiger partial charge on any atom is 0.250 e. The summed E-state index contributed by atoms with van der Waals surface area (Å²) in [7, 11) is 0. The minimum atomic E-state index is -1.14. The zero-order chi connectivity index (χ0) is 28.4. The fraction of sp³-hybridized carbons (Fsp3) is 0.516. The zero-order valence-electron chi connectivity index (χ0n) is 23.5. The number of likely N-dealkylation sites (tertiary alicyclic amines) is 1. The van der Waals surface area contributed by atoms with Crippen LogP contribution < -0.4 is 15.5 Å². The van der Waals surface area contributed by atoms with E-state index in [9.17, 15) is 19.5 Å². The summed E-state index contributed by atoms with van der Waals surface area (Å²) in [4.78, 5) is 45.4. The Hall–Kier alpha value is -3.43. The van der Waals surface area contributed by atoms with Gasteiger partial charge in [0.05, 0.1) is 30.6 Å². The Balaban J connectivity index is 1.51. The topological polar surface area (TPSA) is 111 Å². The summed E-state index contributed by atoms with van der Waals surface area (Å²) in [5, 5.41) is 16.5. The molecule has 3 N–H and O–H groups in total. The van der Waals surface area contributed by atoms with Crippen molar-refractivity contribution in [1.82, 2.24) is 10.2 Å². The maximum absolute atomic E-state index is 14.3. The van der Waals surface area contributed by atoms with Crippen LogP contribution in [-0.4, -0.2) is 71.7 Å². The molecular weight excluding hydrogens is 508 g/mol. The Morgan fingerprint density at radius 3 is 2.40 bits per heavy atom. The fourth-order valence-electron chi connectivity index (χ4n) is 6.98. The standard InChI is InChI=1S/C31H40N4O5/c1-4-18-32-28(37)25-24-16-17-31(40-24)26(25)30(39)35(23(19-36)20-10-8-7-9-11-20)27(31)29(38)33-21-12-14-22(15-13-21)34(5-2)6-3/h7-15,23-27,36H,4-6,16-19H2,1-3H3,(H,32,37)(H,33,38)/t23-,24+,25-,26+,27?,31?/m1/s1. The van der Waals surface area contributed by atoms with Crippen molar-refractivity contribution in [3.05, 3.63) is 60.2 Å². The summed E-state index contributed by atoms with van der Waals surface area (Å²) in [5.41, 5.74) is 1.25. The van der Waals surface area contributed by atoms with Gasteiger partial charge in [0.2, 0.25) is 17.7 Å². The van der Waals surface area contributed by atoms with Crippen LogP contribution in [0.4, 0.5) is 11.4 Å². The molecule has 3 saturated heterocycles. The van der Waals surface area contributed by atoms with Gasteiger partial charge in [-0.15, -0.1) is 0 Å². The molecule has 9 heteroatoms. The molecule has 3 fully saturated rings. The second-order valence-corrected chi connectivity index (χ2v) is 10.9. The first-order chi connectivity index (χ1) is 19.4. The van der Waals surface area contributed by atoms with Gasteiger partial charge >= 0.3 is 0 Å². The molecule has 2 aromatic rings. The summed E-state index contributed by atoms with van der Waals surface area (Å²) in [6.45, 7) is 8.06. The number of fused-ring (bicyclic) bond motifs is 1. The van der Waals surface area contributed by atoms with Crippen LogP contribution in [0.1, 0.15) is 51.6 Å². The summed E-state index contributed by atoms with van der Waals surface area (Å²) < 4.78 is 6.51. The van der Waals surface area contributed by atoms with Gasteiger partial charge < -0.3 is 30.3 Å². The van der Waals surface area contributed by atoms with Crippen LogP contribution in [0.25, 0.3) is 0 Å². The molecule has 0 saturated carbocycles.